The number of nitrogens with zero attached hydrogens (tertiary/aromatic N) is 1. The second kappa shape index (κ2) is 5.61. The molecule has 0 amide bonds. The summed E-state index contributed by atoms with van der Waals surface area (Å²) in [5, 5.41) is 8.61. The lowest BCUT2D eigenvalue weighted by molar-refractivity contribution is 0.636. The highest BCUT2D eigenvalue weighted by Crippen LogP contribution is 2.15. The summed E-state index contributed by atoms with van der Waals surface area (Å²) in [5.74, 6) is 1.87. The maximum Gasteiger partial charge on any atom is 0.0888 e. The summed E-state index contributed by atoms with van der Waals surface area (Å²) in [6.07, 6.45) is 1.21. The number of hydrogen-bond acceptors (Lipinski definition) is 2. The fourth-order valence-electron chi connectivity index (χ4n) is 0.464. The molecule has 0 fully saturated rings. The largest absolute Gasteiger partial charge is 0.197 e. The van der Waals surface area contributed by atoms with Gasteiger partial charge in [-0.1, -0.05) is 20.3 Å². The third-order valence-corrected chi connectivity index (χ3v) is 2.88. The molecular formula is C8H15NS. The van der Waals surface area contributed by atoms with Crippen LogP contribution in [0.2, 0.25) is 0 Å². The predicted octanol–water partition coefficient (Wildman–Crippen LogP) is 2.68. The van der Waals surface area contributed by atoms with E-state index in [9.17, 15) is 0 Å². The van der Waals surface area contributed by atoms with Crippen LogP contribution >= 0.6 is 11.8 Å². The topological polar surface area (TPSA) is 23.8 Å². The summed E-state index contributed by atoms with van der Waals surface area (Å²) in [7, 11) is 0. The molecule has 0 aromatic heterocycles. The number of hydrogen-bond donors (Lipinski definition) is 0. The van der Waals surface area contributed by atoms with Gasteiger partial charge < -0.3 is 0 Å². The van der Waals surface area contributed by atoms with Gasteiger partial charge in [0.05, 0.1) is 11.3 Å². The third kappa shape index (κ3) is 4.69. The highest BCUT2D eigenvalue weighted by atomic mass is 32.2. The first-order chi connectivity index (χ1) is 4.70. The molecule has 10 heavy (non-hydrogen) atoms. The lowest BCUT2D eigenvalue weighted by atomic mass is 10.2. The SMILES string of the molecule is CCC(C)CSC(C)C#N. The standard InChI is InChI=1S/C8H15NS/c1-4-7(2)6-10-8(3)5-9/h7-8H,4,6H2,1-3H3. The van der Waals surface area contributed by atoms with E-state index in [1.54, 1.807) is 11.8 Å². The molecule has 0 saturated heterocycles. The zero-order valence-corrected chi connectivity index (χ0v) is 7.74. The Morgan fingerprint density at radius 2 is 2.10 bits per heavy atom. The molecule has 1 nitrogen and oxygen atoms in total. The van der Waals surface area contributed by atoms with Gasteiger partial charge in [-0.2, -0.15) is 5.26 Å². The number of rotatable bonds is 4. The molecule has 58 valence electrons. The Kier molecular flexibility index (Phi) is 5.52. The summed E-state index contributed by atoms with van der Waals surface area (Å²) in [4.78, 5) is 0. The maximum atomic E-state index is 8.45. The van der Waals surface area contributed by atoms with Crippen LogP contribution in [0.5, 0.6) is 0 Å². The van der Waals surface area contributed by atoms with Crippen molar-refractivity contribution in [3.05, 3.63) is 0 Å². The van der Waals surface area contributed by atoms with Gasteiger partial charge in [0.25, 0.3) is 0 Å². The number of nitriles is 1. The average molecular weight is 157 g/mol. The first kappa shape index (κ1) is 9.84. The Hall–Kier alpha value is -0.160. The molecule has 0 rings (SSSR count). The van der Waals surface area contributed by atoms with E-state index in [4.69, 9.17) is 5.26 Å². The van der Waals surface area contributed by atoms with Gasteiger partial charge in [-0.15, -0.1) is 11.8 Å². The third-order valence-electron chi connectivity index (χ3n) is 1.51. The molecule has 2 heteroatoms. The van der Waals surface area contributed by atoms with Crippen molar-refractivity contribution in [1.82, 2.24) is 0 Å². The maximum absolute atomic E-state index is 8.45. The molecule has 0 radical (unpaired) electrons. The molecule has 2 atom stereocenters. The van der Waals surface area contributed by atoms with E-state index in [1.807, 2.05) is 6.92 Å². The Bertz CT molecular complexity index is 117. The summed E-state index contributed by atoms with van der Waals surface area (Å²) >= 11 is 1.75. The predicted molar refractivity (Wildman–Crippen MR) is 47.0 cm³/mol. The minimum absolute atomic E-state index is 0.161. The fourth-order valence-corrected chi connectivity index (χ4v) is 1.39. The molecule has 0 spiro atoms. The smallest absolute Gasteiger partial charge is 0.0888 e. The Morgan fingerprint density at radius 1 is 1.50 bits per heavy atom. The van der Waals surface area contributed by atoms with Crippen LogP contribution in [0, 0.1) is 17.2 Å². The monoisotopic (exact) mass is 157 g/mol. The molecule has 0 heterocycles. The zero-order chi connectivity index (χ0) is 7.98. The molecule has 0 aliphatic carbocycles. The lowest BCUT2D eigenvalue weighted by Gasteiger charge is -2.07. The van der Waals surface area contributed by atoms with Crippen molar-refractivity contribution in [3.8, 4) is 6.07 Å². The minimum atomic E-state index is 0.161. The van der Waals surface area contributed by atoms with Gasteiger partial charge in [0.15, 0.2) is 0 Å². The van der Waals surface area contributed by atoms with Crippen molar-refractivity contribution in [2.75, 3.05) is 5.75 Å². The normalized spacial score (nSPS) is 15.8. The van der Waals surface area contributed by atoms with Crippen LogP contribution in [0.1, 0.15) is 27.2 Å². The minimum Gasteiger partial charge on any atom is -0.197 e. The summed E-state index contributed by atoms with van der Waals surface area (Å²) in [5.41, 5.74) is 0. The fraction of sp³-hybridized carbons (Fsp3) is 0.875. The molecule has 2 unspecified atom stereocenters. The lowest BCUT2D eigenvalue weighted by Crippen LogP contribution is -2.00. The van der Waals surface area contributed by atoms with Gasteiger partial charge in [0, 0.05) is 0 Å². The quantitative estimate of drug-likeness (QED) is 0.626. The van der Waals surface area contributed by atoms with Crippen molar-refractivity contribution < 1.29 is 0 Å². The molecule has 0 N–H and O–H groups in total. The van der Waals surface area contributed by atoms with E-state index in [2.05, 4.69) is 19.9 Å². The van der Waals surface area contributed by atoms with E-state index in [-0.39, 0.29) is 5.25 Å². The van der Waals surface area contributed by atoms with E-state index >= 15 is 0 Å². The van der Waals surface area contributed by atoms with E-state index in [0.29, 0.717) is 0 Å². The van der Waals surface area contributed by atoms with Crippen molar-refractivity contribution in [1.29, 1.82) is 5.26 Å². The summed E-state index contributed by atoms with van der Waals surface area (Å²) < 4.78 is 0. The van der Waals surface area contributed by atoms with Crippen LogP contribution in [0.25, 0.3) is 0 Å². The Labute approximate surface area is 67.8 Å². The van der Waals surface area contributed by atoms with Crippen LogP contribution in [0.3, 0.4) is 0 Å². The highest BCUT2D eigenvalue weighted by molar-refractivity contribution is 8.00. The van der Waals surface area contributed by atoms with Crippen molar-refractivity contribution >= 4 is 11.8 Å². The highest BCUT2D eigenvalue weighted by Gasteiger charge is 2.02. The van der Waals surface area contributed by atoms with Crippen LogP contribution in [-0.4, -0.2) is 11.0 Å². The van der Waals surface area contributed by atoms with Crippen LogP contribution < -0.4 is 0 Å². The van der Waals surface area contributed by atoms with Crippen LogP contribution in [-0.2, 0) is 0 Å². The second-order valence-electron chi connectivity index (χ2n) is 2.62. The van der Waals surface area contributed by atoms with Crippen molar-refractivity contribution in [2.24, 2.45) is 5.92 Å². The molecule has 0 aromatic rings. The van der Waals surface area contributed by atoms with Crippen LogP contribution in [0.4, 0.5) is 0 Å². The van der Waals surface area contributed by atoms with E-state index in [1.165, 1.54) is 6.42 Å². The first-order valence-electron chi connectivity index (χ1n) is 3.71. The van der Waals surface area contributed by atoms with Crippen LogP contribution in [0.15, 0.2) is 0 Å². The molecular weight excluding hydrogens is 142 g/mol. The zero-order valence-electron chi connectivity index (χ0n) is 6.92. The van der Waals surface area contributed by atoms with Gasteiger partial charge >= 0.3 is 0 Å². The van der Waals surface area contributed by atoms with Crippen molar-refractivity contribution in [2.45, 2.75) is 32.4 Å². The molecule has 0 saturated carbocycles. The Morgan fingerprint density at radius 3 is 2.50 bits per heavy atom. The molecule has 0 aliphatic rings. The summed E-state index contributed by atoms with van der Waals surface area (Å²) in [6.45, 7) is 6.35. The van der Waals surface area contributed by atoms with E-state index < -0.39 is 0 Å². The first-order valence-corrected chi connectivity index (χ1v) is 4.76. The van der Waals surface area contributed by atoms with E-state index in [0.717, 1.165) is 11.7 Å². The molecule has 0 aliphatic heterocycles. The molecule has 0 bridgehead atoms. The average Bonchev–Trinajstić information content (AvgIpc) is 1.99. The van der Waals surface area contributed by atoms with Gasteiger partial charge in [0.2, 0.25) is 0 Å². The van der Waals surface area contributed by atoms with Gasteiger partial charge in [-0.25, -0.2) is 0 Å². The van der Waals surface area contributed by atoms with Crippen molar-refractivity contribution in [3.63, 3.8) is 0 Å². The van der Waals surface area contributed by atoms with Gasteiger partial charge in [-0.05, 0) is 18.6 Å². The number of thioether (sulfide) groups is 1. The summed E-state index contributed by atoms with van der Waals surface area (Å²) in [6, 6.07) is 2.21. The molecule has 0 aromatic carbocycles. The van der Waals surface area contributed by atoms with Gasteiger partial charge in [-0.3, -0.25) is 0 Å². The second-order valence-corrected chi connectivity index (χ2v) is 3.99. The van der Waals surface area contributed by atoms with Gasteiger partial charge in [0.1, 0.15) is 0 Å². The Balaban J connectivity index is 3.28.